The first-order chi connectivity index (χ1) is 18.0. The van der Waals surface area contributed by atoms with Crippen molar-refractivity contribution in [2.45, 2.75) is 39.2 Å². The molecule has 37 heavy (non-hydrogen) atoms. The number of carbonyl (C=O) groups is 2. The molecule has 0 aliphatic carbocycles. The molecule has 0 atom stereocenters. The molecule has 0 bridgehead atoms. The Morgan fingerprint density at radius 2 is 1.54 bits per heavy atom. The van der Waals surface area contributed by atoms with Gasteiger partial charge in [0.05, 0.1) is 13.0 Å². The molecule has 0 saturated heterocycles. The minimum atomic E-state index is -0.332. The van der Waals surface area contributed by atoms with Gasteiger partial charge in [0.1, 0.15) is 5.82 Å². The molecule has 3 aromatic carbocycles. The van der Waals surface area contributed by atoms with E-state index in [1.165, 1.54) is 12.1 Å². The third-order valence-electron chi connectivity index (χ3n) is 6.62. The average Bonchev–Trinajstić information content (AvgIpc) is 3.33. The van der Waals surface area contributed by atoms with E-state index in [4.69, 9.17) is 0 Å². The predicted octanol–water partition coefficient (Wildman–Crippen LogP) is 5.75. The van der Waals surface area contributed by atoms with Crippen molar-refractivity contribution in [3.05, 3.63) is 108 Å². The standard InChI is InChI=1S/C31H34FN3O2/c1-2-3-18-34(30(36)20-24-13-15-27(32)16-14-24)23-31(37)35(22-25-9-5-4-6-10-25)19-17-26-21-33-29-12-8-7-11-28(26)29/h4-16,21,33H,2-3,17-20,22-23H2,1H3. The highest BCUT2D eigenvalue weighted by molar-refractivity contribution is 5.86. The molecular formula is C31H34FN3O2. The molecule has 0 aliphatic heterocycles. The molecule has 0 spiro atoms. The molecule has 0 fully saturated rings. The summed E-state index contributed by atoms with van der Waals surface area (Å²) in [4.78, 5) is 33.6. The second-order valence-electron chi connectivity index (χ2n) is 9.38. The molecule has 0 radical (unpaired) electrons. The SMILES string of the molecule is CCCCN(CC(=O)N(CCc1c[nH]c2ccccc12)Cc1ccccc1)C(=O)Cc1ccc(F)cc1. The fourth-order valence-electron chi connectivity index (χ4n) is 4.48. The van der Waals surface area contributed by atoms with Crippen molar-refractivity contribution in [2.24, 2.45) is 0 Å². The van der Waals surface area contributed by atoms with Crippen LogP contribution in [0.2, 0.25) is 0 Å². The van der Waals surface area contributed by atoms with E-state index in [9.17, 15) is 14.0 Å². The number of hydrogen-bond acceptors (Lipinski definition) is 2. The molecular weight excluding hydrogens is 465 g/mol. The van der Waals surface area contributed by atoms with Crippen molar-refractivity contribution in [3.63, 3.8) is 0 Å². The maximum Gasteiger partial charge on any atom is 0.242 e. The second-order valence-corrected chi connectivity index (χ2v) is 9.38. The van der Waals surface area contributed by atoms with Gasteiger partial charge in [-0.05, 0) is 47.7 Å². The lowest BCUT2D eigenvalue weighted by atomic mass is 10.1. The summed E-state index contributed by atoms with van der Waals surface area (Å²) in [5, 5.41) is 1.16. The zero-order valence-electron chi connectivity index (χ0n) is 21.3. The summed E-state index contributed by atoms with van der Waals surface area (Å²) >= 11 is 0. The Kier molecular flexibility index (Phi) is 9.08. The van der Waals surface area contributed by atoms with Crippen LogP contribution in [-0.2, 0) is 29.0 Å². The first-order valence-electron chi connectivity index (χ1n) is 12.9. The van der Waals surface area contributed by atoms with Crippen molar-refractivity contribution < 1.29 is 14.0 Å². The fourth-order valence-corrected chi connectivity index (χ4v) is 4.48. The van der Waals surface area contributed by atoms with Crippen LogP contribution in [0.15, 0.2) is 85.1 Å². The van der Waals surface area contributed by atoms with Gasteiger partial charge in [0.2, 0.25) is 11.8 Å². The van der Waals surface area contributed by atoms with Crippen LogP contribution in [0.4, 0.5) is 4.39 Å². The molecule has 192 valence electrons. The van der Waals surface area contributed by atoms with Gasteiger partial charge in [-0.2, -0.15) is 0 Å². The lowest BCUT2D eigenvalue weighted by Crippen LogP contribution is -2.44. The molecule has 2 amide bonds. The molecule has 1 aromatic heterocycles. The van der Waals surface area contributed by atoms with Crippen LogP contribution in [0.1, 0.15) is 36.5 Å². The number of aromatic amines is 1. The summed E-state index contributed by atoms with van der Waals surface area (Å²) in [5.74, 6) is -0.530. The Morgan fingerprint density at radius 3 is 2.30 bits per heavy atom. The van der Waals surface area contributed by atoms with Gasteiger partial charge in [-0.3, -0.25) is 9.59 Å². The largest absolute Gasteiger partial charge is 0.361 e. The summed E-state index contributed by atoms with van der Waals surface area (Å²) in [7, 11) is 0. The minimum absolute atomic E-state index is 0.0285. The number of rotatable bonds is 12. The predicted molar refractivity (Wildman–Crippen MR) is 145 cm³/mol. The Bertz CT molecular complexity index is 1300. The Morgan fingerprint density at radius 1 is 0.811 bits per heavy atom. The highest BCUT2D eigenvalue weighted by Crippen LogP contribution is 2.19. The van der Waals surface area contributed by atoms with Crippen LogP contribution in [-0.4, -0.2) is 46.2 Å². The van der Waals surface area contributed by atoms with Crippen molar-refractivity contribution in [1.82, 2.24) is 14.8 Å². The number of amides is 2. The summed E-state index contributed by atoms with van der Waals surface area (Å²) < 4.78 is 13.3. The smallest absolute Gasteiger partial charge is 0.242 e. The molecule has 1 heterocycles. The lowest BCUT2D eigenvalue weighted by Gasteiger charge is -2.28. The second kappa shape index (κ2) is 12.9. The van der Waals surface area contributed by atoms with E-state index in [2.05, 4.69) is 18.0 Å². The van der Waals surface area contributed by atoms with Crippen LogP contribution >= 0.6 is 0 Å². The molecule has 1 N–H and O–H groups in total. The van der Waals surface area contributed by atoms with Gasteiger partial charge >= 0.3 is 0 Å². The van der Waals surface area contributed by atoms with Gasteiger partial charge < -0.3 is 14.8 Å². The molecule has 0 saturated carbocycles. The number of unbranched alkanes of at least 4 members (excludes halogenated alkanes) is 1. The highest BCUT2D eigenvalue weighted by atomic mass is 19.1. The average molecular weight is 500 g/mol. The van der Waals surface area contributed by atoms with E-state index in [0.29, 0.717) is 26.1 Å². The first kappa shape index (κ1) is 26.1. The number of hydrogen-bond donors (Lipinski definition) is 1. The van der Waals surface area contributed by atoms with E-state index in [1.54, 1.807) is 17.0 Å². The van der Waals surface area contributed by atoms with E-state index >= 15 is 0 Å². The zero-order chi connectivity index (χ0) is 26.0. The van der Waals surface area contributed by atoms with Crippen LogP contribution in [0.5, 0.6) is 0 Å². The monoisotopic (exact) mass is 499 g/mol. The van der Waals surface area contributed by atoms with E-state index in [0.717, 1.165) is 40.4 Å². The number of para-hydroxylation sites is 1. The lowest BCUT2D eigenvalue weighted by molar-refractivity contribution is -0.140. The number of H-pyrrole nitrogens is 1. The highest BCUT2D eigenvalue weighted by Gasteiger charge is 2.22. The topological polar surface area (TPSA) is 56.4 Å². The van der Waals surface area contributed by atoms with Gasteiger partial charge in [0.15, 0.2) is 0 Å². The molecule has 4 rings (SSSR count). The normalized spacial score (nSPS) is 11.0. The number of fused-ring (bicyclic) bond motifs is 1. The molecule has 6 heteroatoms. The first-order valence-corrected chi connectivity index (χ1v) is 12.9. The quantitative estimate of drug-likeness (QED) is 0.270. The van der Waals surface area contributed by atoms with Crippen LogP contribution in [0, 0.1) is 5.82 Å². The Balaban J connectivity index is 1.48. The van der Waals surface area contributed by atoms with Crippen molar-refractivity contribution in [2.75, 3.05) is 19.6 Å². The maximum atomic E-state index is 13.6. The van der Waals surface area contributed by atoms with Gasteiger partial charge in [0.25, 0.3) is 0 Å². The van der Waals surface area contributed by atoms with Gasteiger partial charge in [0, 0.05) is 36.7 Å². The number of aromatic nitrogens is 1. The van der Waals surface area contributed by atoms with Gasteiger partial charge in [-0.1, -0.05) is 74.0 Å². The molecule has 5 nitrogen and oxygen atoms in total. The molecule has 0 aliphatic rings. The summed E-state index contributed by atoms with van der Waals surface area (Å²) in [6.07, 6.45) is 4.60. The van der Waals surface area contributed by atoms with E-state index in [1.807, 2.05) is 59.6 Å². The third-order valence-corrected chi connectivity index (χ3v) is 6.62. The minimum Gasteiger partial charge on any atom is -0.361 e. The number of halogens is 1. The summed E-state index contributed by atoms with van der Waals surface area (Å²) in [6.45, 7) is 3.64. The summed E-state index contributed by atoms with van der Waals surface area (Å²) in [6, 6.07) is 24.0. The third kappa shape index (κ3) is 7.29. The maximum absolute atomic E-state index is 13.6. The van der Waals surface area contributed by atoms with Crippen molar-refractivity contribution in [3.8, 4) is 0 Å². The number of benzene rings is 3. The van der Waals surface area contributed by atoms with Crippen molar-refractivity contribution in [1.29, 1.82) is 0 Å². The summed E-state index contributed by atoms with van der Waals surface area (Å²) in [5.41, 5.74) is 4.03. The number of carbonyl (C=O) groups excluding carboxylic acids is 2. The van der Waals surface area contributed by atoms with Gasteiger partial charge in [-0.15, -0.1) is 0 Å². The van der Waals surface area contributed by atoms with Gasteiger partial charge in [-0.25, -0.2) is 4.39 Å². The number of nitrogens with one attached hydrogen (secondary N) is 1. The fraction of sp³-hybridized carbons (Fsp3) is 0.290. The zero-order valence-corrected chi connectivity index (χ0v) is 21.3. The van der Waals surface area contributed by atoms with Crippen molar-refractivity contribution >= 4 is 22.7 Å². The molecule has 0 unspecified atom stereocenters. The Labute approximate surface area is 217 Å². The van der Waals surface area contributed by atoms with E-state index < -0.39 is 0 Å². The van der Waals surface area contributed by atoms with E-state index in [-0.39, 0.29) is 30.6 Å². The Hall–Kier alpha value is -3.93. The van der Waals surface area contributed by atoms with Crippen LogP contribution in [0.25, 0.3) is 10.9 Å². The van der Waals surface area contributed by atoms with Crippen LogP contribution in [0.3, 0.4) is 0 Å². The number of nitrogens with zero attached hydrogens (tertiary/aromatic N) is 2. The molecule has 4 aromatic rings. The van der Waals surface area contributed by atoms with Crippen LogP contribution < -0.4 is 0 Å².